The smallest absolute Gasteiger partial charge is 0.294 e. The van der Waals surface area contributed by atoms with Crippen molar-refractivity contribution in [3.05, 3.63) is 10.1 Å². The molecule has 0 amide bonds. The molecule has 1 saturated heterocycles. The summed E-state index contributed by atoms with van der Waals surface area (Å²) in [6.07, 6.45) is 0.671. The van der Waals surface area contributed by atoms with E-state index in [0.29, 0.717) is 6.42 Å². The minimum Gasteiger partial charge on any atom is -0.314 e. The highest BCUT2D eigenvalue weighted by atomic mass is 16.9. The Balaban J connectivity index is 2.71. The third kappa shape index (κ3) is 2.21. The van der Waals surface area contributed by atoms with Gasteiger partial charge in [0.1, 0.15) is 6.61 Å². The molecule has 6 heteroatoms. The lowest BCUT2D eigenvalue weighted by Gasteiger charge is -2.35. The maximum Gasteiger partial charge on any atom is 0.294 e. The number of hydrogen-bond acceptors (Lipinski definition) is 5. The van der Waals surface area contributed by atoms with Crippen molar-refractivity contribution in [1.82, 2.24) is 5.06 Å². The molecule has 0 aliphatic carbocycles. The quantitative estimate of drug-likeness (QED) is 0.573. The minimum atomic E-state index is -0.789. The Kier molecular flexibility index (Phi) is 2.93. The second kappa shape index (κ2) is 3.61. The Morgan fingerprint density at radius 2 is 2.07 bits per heavy atom. The Morgan fingerprint density at radius 3 is 2.40 bits per heavy atom. The molecular weight excluding hydrogens is 200 g/mol. The zero-order chi connectivity index (χ0) is 11.9. The highest BCUT2D eigenvalue weighted by Gasteiger charge is 2.51. The van der Waals surface area contributed by atoms with Crippen molar-refractivity contribution in [2.45, 2.75) is 45.2 Å². The lowest BCUT2D eigenvalue weighted by Crippen LogP contribution is -2.47. The van der Waals surface area contributed by atoms with E-state index in [1.165, 1.54) is 5.06 Å². The van der Waals surface area contributed by atoms with Crippen molar-refractivity contribution >= 4 is 0 Å². The molecule has 0 radical (unpaired) electrons. The zero-order valence-corrected chi connectivity index (χ0v) is 9.56. The fourth-order valence-electron chi connectivity index (χ4n) is 2.31. The maximum atomic E-state index is 10.1. The van der Waals surface area contributed by atoms with Gasteiger partial charge in [0.25, 0.3) is 5.09 Å². The molecule has 0 spiro atoms. The van der Waals surface area contributed by atoms with Crippen LogP contribution in [0.1, 0.15) is 34.1 Å². The first-order valence-electron chi connectivity index (χ1n) is 4.94. The van der Waals surface area contributed by atoms with Crippen molar-refractivity contribution < 1.29 is 15.1 Å². The summed E-state index contributed by atoms with van der Waals surface area (Å²) in [4.78, 5) is 14.5. The van der Waals surface area contributed by atoms with E-state index >= 15 is 0 Å². The summed E-state index contributed by atoms with van der Waals surface area (Å²) >= 11 is 0. The standard InChI is InChI=1S/C9H18N2O4/c1-8(2)5-7(6-15-11(13)14)9(3,4)10(8)12/h7,12H,5-6H2,1-4H3. The average Bonchev–Trinajstić information content (AvgIpc) is 2.23. The first-order valence-corrected chi connectivity index (χ1v) is 4.94. The second-order valence-electron chi connectivity index (χ2n) is 5.20. The SMILES string of the molecule is CC1(C)CC(CO[N+](=O)[O-])C(C)(C)N1O. The summed E-state index contributed by atoms with van der Waals surface area (Å²) in [5.41, 5.74) is -0.867. The van der Waals surface area contributed by atoms with E-state index in [1.54, 1.807) is 0 Å². The largest absolute Gasteiger partial charge is 0.314 e. The normalized spacial score (nSPS) is 29.0. The Labute approximate surface area is 88.9 Å². The molecule has 1 rings (SSSR count). The summed E-state index contributed by atoms with van der Waals surface area (Å²) in [7, 11) is 0. The van der Waals surface area contributed by atoms with Gasteiger partial charge in [0, 0.05) is 17.0 Å². The van der Waals surface area contributed by atoms with Crippen LogP contribution in [0.3, 0.4) is 0 Å². The van der Waals surface area contributed by atoms with Gasteiger partial charge in [-0.3, -0.25) is 0 Å². The molecule has 1 atom stereocenters. The van der Waals surface area contributed by atoms with Gasteiger partial charge < -0.3 is 10.0 Å². The zero-order valence-electron chi connectivity index (χ0n) is 9.56. The summed E-state index contributed by atoms with van der Waals surface area (Å²) < 4.78 is 0. The minimum absolute atomic E-state index is 0.0283. The molecule has 0 saturated carbocycles. The Bertz CT molecular complexity index is 265. The molecule has 15 heavy (non-hydrogen) atoms. The van der Waals surface area contributed by atoms with E-state index in [9.17, 15) is 15.3 Å². The fraction of sp³-hybridized carbons (Fsp3) is 1.00. The third-order valence-electron chi connectivity index (χ3n) is 3.25. The molecule has 1 aliphatic rings. The fourth-order valence-corrected chi connectivity index (χ4v) is 2.31. The molecule has 1 unspecified atom stereocenters. The molecule has 0 aromatic rings. The summed E-state index contributed by atoms with van der Waals surface area (Å²) in [5.74, 6) is -0.0529. The van der Waals surface area contributed by atoms with E-state index in [0.717, 1.165) is 0 Å². The van der Waals surface area contributed by atoms with Crippen LogP contribution in [0.4, 0.5) is 0 Å². The predicted molar refractivity (Wildman–Crippen MR) is 52.8 cm³/mol. The van der Waals surface area contributed by atoms with Crippen LogP contribution in [-0.4, -0.2) is 33.0 Å². The lowest BCUT2D eigenvalue weighted by atomic mass is 9.88. The maximum absolute atomic E-state index is 10.1. The monoisotopic (exact) mass is 218 g/mol. The number of hydrogen-bond donors (Lipinski definition) is 1. The highest BCUT2D eigenvalue weighted by Crippen LogP contribution is 2.43. The third-order valence-corrected chi connectivity index (χ3v) is 3.25. The van der Waals surface area contributed by atoms with E-state index < -0.39 is 10.6 Å². The van der Waals surface area contributed by atoms with Gasteiger partial charge in [-0.05, 0) is 34.1 Å². The van der Waals surface area contributed by atoms with Crippen LogP contribution in [0, 0.1) is 16.0 Å². The van der Waals surface area contributed by atoms with E-state index in [-0.39, 0.29) is 18.1 Å². The van der Waals surface area contributed by atoms with Crippen LogP contribution in [0.15, 0.2) is 0 Å². The van der Waals surface area contributed by atoms with Gasteiger partial charge in [0.15, 0.2) is 0 Å². The molecule has 0 aromatic heterocycles. The predicted octanol–water partition coefficient (Wildman–Crippen LogP) is 1.46. The van der Waals surface area contributed by atoms with E-state index in [2.05, 4.69) is 4.84 Å². The number of rotatable bonds is 3. The van der Waals surface area contributed by atoms with Gasteiger partial charge in [-0.2, -0.15) is 5.06 Å². The molecule has 88 valence electrons. The van der Waals surface area contributed by atoms with Crippen LogP contribution in [0.25, 0.3) is 0 Å². The molecule has 0 aromatic carbocycles. The highest BCUT2D eigenvalue weighted by molar-refractivity contribution is 5.01. The first kappa shape index (κ1) is 12.2. The number of hydroxylamine groups is 2. The molecule has 1 aliphatic heterocycles. The summed E-state index contributed by atoms with van der Waals surface area (Å²) in [6, 6.07) is 0. The molecule has 1 N–H and O–H groups in total. The Morgan fingerprint density at radius 1 is 1.53 bits per heavy atom. The van der Waals surface area contributed by atoms with Gasteiger partial charge in [0.05, 0.1) is 0 Å². The lowest BCUT2D eigenvalue weighted by molar-refractivity contribution is -0.759. The van der Waals surface area contributed by atoms with Crippen molar-refractivity contribution in [1.29, 1.82) is 0 Å². The van der Waals surface area contributed by atoms with Crippen molar-refractivity contribution in [2.75, 3.05) is 6.61 Å². The van der Waals surface area contributed by atoms with Crippen LogP contribution < -0.4 is 0 Å². The van der Waals surface area contributed by atoms with Gasteiger partial charge in [-0.1, -0.05) is 0 Å². The van der Waals surface area contributed by atoms with Crippen molar-refractivity contribution in [3.63, 3.8) is 0 Å². The first-order chi connectivity index (χ1) is 6.68. The van der Waals surface area contributed by atoms with Crippen LogP contribution in [0.2, 0.25) is 0 Å². The van der Waals surface area contributed by atoms with Gasteiger partial charge in [-0.25, -0.2) is 0 Å². The molecule has 1 fully saturated rings. The van der Waals surface area contributed by atoms with Gasteiger partial charge in [0.2, 0.25) is 0 Å². The van der Waals surface area contributed by atoms with Gasteiger partial charge >= 0.3 is 0 Å². The number of nitrogens with zero attached hydrogens (tertiary/aromatic N) is 2. The van der Waals surface area contributed by atoms with Crippen LogP contribution in [-0.2, 0) is 4.84 Å². The molecule has 1 heterocycles. The molecule has 6 nitrogen and oxygen atoms in total. The molecule has 0 bridgehead atoms. The van der Waals surface area contributed by atoms with Crippen LogP contribution >= 0.6 is 0 Å². The van der Waals surface area contributed by atoms with E-state index in [4.69, 9.17) is 0 Å². The van der Waals surface area contributed by atoms with Crippen molar-refractivity contribution in [2.24, 2.45) is 5.92 Å². The molecular formula is C9H18N2O4. The van der Waals surface area contributed by atoms with Gasteiger partial charge in [-0.15, -0.1) is 10.1 Å². The summed E-state index contributed by atoms with van der Waals surface area (Å²) in [6.45, 7) is 7.55. The Hall–Kier alpha value is -0.880. The van der Waals surface area contributed by atoms with Crippen LogP contribution in [0.5, 0.6) is 0 Å². The van der Waals surface area contributed by atoms with Crippen molar-refractivity contribution in [3.8, 4) is 0 Å². The average molecular weight is 218 g/mol. The summed E-state index contributed by atoms with van der Waals surface area (Å²) in [5, 5.41) is 20.5. The van der Waals surface area contributed by atoms with E-state index in [1.807, 2.05) is 27.7 Å². The topological polar surface area (TPSA) is 75.8 Å². The second-order valence-corrected chi connectivity index (χ2v) is 5.20.